The molecule has 1 rings (SSSR count). The summed E-state index contributed by atoms with van der Waals surface area (Å²) >= 11 is 0. The first-order valence-electron chi connectivity index (χ1n) is 4.76. The fourth-order valence-electron chi connectivity index (χ4n) is 1.85. The summed E-state index contributed by atoms with van der Waals surface area (Å²) in [6, 6.07) is -0.0217. The Morgan fingerprint density at radius 1 is 1.21 bits per heavy atom. The molecule has 0 spiro atoms. The van der Waals surface area contributed by atoms with E-state index in [1.807, 2.05) is 27.7 Å². The lowest BCUT2D eigenvalue weighted by molar-refractivity contribution is 0.319. The summed E-state index contributed by atoms with van der Waals surface area (Å²) in [5.41, 5.74) is -0.00888. The first-order valence-corrected chi connectivity index (χ1v) is 6.41. The molecule has 1 aliphatic carbocycles. The quantitative estimate of drug-likeness (QED) is 0.719. The Hall–Kier alpha value is -0.130. The Labute approximate surface area is 85.8 Å². The minimum Gasteiger partial charge on any atom is -0.395 e. The molecule has 0 aromatic heterocycles. The summed E-state index contributed by atoms with van der Waals surface area (Å²) in [5.74, 6) is -0.213. The van der Waals surface area contributed by atoms with Crippen molar-refractivity contribution in [3.63, 3.8) is 0 Å². The zero-order valence-electron chi connectivity index (χ0n) is 9.16. The minimum atomic E-state index is -3.31. The van der Waals surface area contributed by atoms with E-state index in [1.165, 1.54) is 0 Å². The summed E-state index contributed by atoms with van der Waals surface area (Å²) in [6.07, 6.45) is 0. The van der Waals surface area contributed by atoms with Crippen LogP contribution in [0, 0.1) is 10.8 Å². The Morgan fingerprint density at radius 2 is 1.64 bits per heavy atom. The van der Waals surface area contributed by atoms with Gasteiger partial charge >= 0.3 is 0 Å². The zero-order valence-corrected chi connectivity index (χ0v) is 9.98. The highest BCUT2D eigenvalue weighted by Gasteiger charge is 2.65. The van der Waals surface area contributed by atoms with Gasteiger partial charge in [0.25, 0.3) is 0 Å². The van der Waals surface area contributed by atoms with Crippen molar-refractivity contribution in [1.29, 1.82) is 0 Å². The van der Waals surface area contributed by atoms with E-state index in [2.05, 4.69) is 4.72 Å². The van der Waals surface area contributed by atoms with E-state index < -0.39 is 10.0 Å². The highest BCUT2D eigenvalue weighted by atomic mass is 32.2. The Balaban J connectivity index is 2.66. The van der Waals surface area contributed by atoms with E-state index in [0.29, 0.717) is 0 Å². The van der Waals surface area contributed by atoms with Gasteiger partial charge in [-0.3, -0.25) is 0 Å². The van der Waals surface area contributed by atoms with Gasteiger partial charge in [0.15, 0.2) is 0 Å². The van der Waals surface area contributed by atoms with Crippen LogP contribution >= 0.6 is 0 Å². The van der Waals surface area contributed by atoms with Crippen LogP contribution in [-0.2, 0) is 10.0 Å². The molecule has 0 aromatic carbocycles. The van der Waals surface area contributed by atoms with Crippen molar-refractivity contribution in [2.75, 3.05) is 12.4 Å². The third-order valence-corrected chi connectivity index (χ3v) is 4.99. The normalized spacial score (nSPS) is 24.9. The molecule has 84 valence electrons. The van der Waals surface area contributed by atoms with Crippen LogP contribution in [-0.4, -0.2) is 31.9 Å². The Bertz CT molecular complexity index is 305. The summed E-state index contributed by atoms with van der Waals surface area (Å²) in [7, 11) is -3.31. The SMILES string of the molecule is CC1(C)C(NS(=O)(=O)CCO)C1(C)C. The van der Waals surface area contributed by atoms with Crippen LogP contribution in [0.4, 0.5) is 0 Å². The predicted molar refractivity (Wildman–Crippen MR) is 55.4 cm³/mol. The zero-order chi connectivity index (χ0) is 11.2. The standard InChI is InChI=1S/C9H19NO3S/c1-8(2)7(9(8,3)4)10-14(12,13)6-5-11/h7,10-11H,5-6H2,1-4H3. The lowest BCUT2D eigenvalue weighted by Crippen LogP contribution is -2.32. The highest BCUT2D eigenvalue weighted by molar-refractivity contribution is 7.89. The molecule has 2 N–H and O–H groups in total. The number of sulfonamides is 1. The molecular formula is C9H19NO3S. The summed E-state index contributed by atoms with van der Waals surface area (Å²) in [5, 5.41) is 8.58. The second-order valence-corrected chi connectivity index (χ2v) is 6.91. The van der Waals surface area contributed by atoms with Gasteiger partial charge in [0, 0.05) is 6.04 Å². The molecule has 0 atom stereocenters. The number of rotatable bonds is 4. The van der Waals surface area contributed by atoms with Gasteiger partial charge in [0.1, 0.15) is 0 Å². The van der Waals surface area contributed by atoms with E-state index in [4.69, 9.17) is 5.11 Å². The van der Waals surface area contributed by atoms with Crippen molar-refractivity contribution >= 4 is 10.0 Å². The number of aliphatic hydroxyl groups excluding tert-OH is 1. The molecule has 1 aliphatic rings. The molecule has 4 nitrogen and oxygen atoms in total. The highest BCUT2D eigenvalue weighted by Crippen LogP contribution is 2.62. The lowest BCUT2D eigenvalue weighted by Gasteiger charge is -2.06. The average Bonchev–Trinajstić information content (AvgIpc) is 2.32. The van der Waals surface area contributed by atoms with Crippen LogP contribution in [0.2, 0.25) is 0 Å². The molecule has 0 aliphatic heterocycles. The largest absolute Gasteiger partial charge is 0.395 e. The molecular weight excluding hydrogens is 202 g/mol. The minimum absolute atomic E-state index is 0.00444. The Morgan fingerprint density at radius 3 is 1.93 bits per heavy atom. The van der Waals surface area contributed by atoms with Crippen LogP contribution in [0.15, 0.2) is 0 Å². The van der Waals surface area contributed by atoms with E-state index >= 15 is 0 Å². The second kappa shape index (κ2) is 3.18. The van der Waals surface area contributed by atoms with E-state index in [9.17, 15) is 8.42 Å². The molecule has 14 heavy (non-hydrogen) atoms. The molecule has 5 heteroatoms. The molecule has 1 fully saturated rings. The van der Waals surface area contributed by atoms with Gasteiger partial charge in [0.2, 0.25) is 10.0 Å². The third kappa shape index (κ3) is 1.81. The fourth-order valence-corrected chi connectivity index (χ4v) is 3.16. The van der Waals surface area contributed by atoms with Crippen molar-refractivity contribution in [2.45, 2.75) is 33.7 Å². The second-order valence-electron chi connectivity index (χ2n) is 5.04. The van der Waals surface area contributed by atoms with Crippen molar-refractivity contribution in [3.8, 4) is 0 Å². The van der Waals surface area contributed by atoms with E-state index in [1.54, 1.807) is 0 Å². The van der Waals surface area contributed by atoms with Gasteiger partial charge in [-0.05, 0) is 10.8 Å². The molecule has 0 saturated heterocycles. The topological polar surface area (TPSA) is 66.4 Å². The van der Waals surface area contributed by atoms with Gasteiger partial charge in [-0.1, -0.05) is 27.7 Å². The first-order chi connectivity index (χ1) is 6.15. The van der Waals surface area contributed by atoms with Crippen LogP contribution in [0.1, 0.15) is 27.7 Å². The maximum Gasteiger partial charge on any atom is 0.214 e. The lowest BCUT2D eigenvalue weighted by atomic mass is 10.0. The van der Waals surface area contributed by atoms with Crippen molar-refractivity contribution in [1.82, 2.24) is 4.72 Å². The number of nitrogens with one attached hydrogen (secondary N) is 1. The summed E-state index contributed by atoms with van der Waals surface area (Å²) in [6.45, 7) is 7.83. The summed E-state index contributed by atoms with van der Waals surface area (Å²) < 4.78 is 25.4. The van der Waals surface area contributed by atoms with Gasteiger partial charge < -0.3 is 5.11 Å². The predicted octanol–water partition coefficient (Wildman–Crippen LogP) is 0.333. The number of hydrogen-bond donors (Lipinski definition) is 2. The maximum absolute atomic E-state index is 11.4. The molecule has 1 saturated carbocycles. The maximum atomic E-state index is 11.4. The van der Waals surface area contributed by atoms with E-state index in [-0.39, 0.29) is 29.2 Å². The van der Waals surface area contributed by atoms with Crippen LogP contribution < -0.4 is 4.72 Å². The molecule has 0 aromatic rings. The third-order valence-electron chi connectivity index (χ3n) is 3.68. The van der Waals surface area contributed by atoms with Crippen molar-refractivity contribution in [2.24, 2.45) is 10.8 Å². The average molecular weight is 221 g/mol. The number of hydrogen-bond acceptors (Lipinski definition) is 3. The molecule has 0 radical (unpaired) electrons. The van der Waals surface area contributed by atoms with Crippen LogP contribution in [0.25, 0.3) is 0 Å². The van der Waals surface area contributed by atoms with Crippen LogP contribution in [0.5, 0.6) is 0 Å². The van der Waals surface area contributed by atoms with E-state index in [0.717, 1.165) is 0 Å². The van der Waals surface area contributed by atoms with Crippen LogP contribution in [0.3, 0.4) is 0 Å². The molecule has 0 unspecified atom stereocenters. The van der Waals surface area contributed by atoms with Gasteiger partial charge in [0.05, 0.1) is 12.4 Å². The summed E-state index contributed by atoms with van der Waals surface area (Å²) in [4.78, 5) is 0. The Kier molecular flexibility index (Phi) is 2.71. The van der Waals surface area contributed by atoms with Gasteiger partial charge in [-0.2, -0.15) is 0 Å². The molecule has 0 amide bonds. The smallest absolute Gasteiger partial charge is 0.214 e. The molecule has 0 heterocycles. The van der Waals surface area contributed by atoms with Crippen molar-refractivity contribution < 1.29 is 13.5 Å². The van der Waals surface area contributed by atoms with Gasteiger partial charge in [-0.25, -0.2) is 13.1 Å². The fraction of sp³-hybridized carbons (Fsp3) is 1.00. The monoisotopic (exact) mass is 221 g/mol. The molecule has 0 bridgehead atoms. The van der Waals surface area contributed by atoms with Gasteiger partial charge in [-0.15, -0.1) is 0 Å². The van der Waals surface area contributed by atoms with Crippen molar-refractivity contribution in [3.05, 3.63) is 0 Å². The first kappa shape index (κ1) is 11.9. The number of aliphatic hydroxyl groups is 1.